The highest BCUT2D eigenvalue weighted by molar-refractivity contribution is 5.73. The highest BCUT2D eigenvalue weighted by Crippen LogP contribution is 2.42. The topological polar surface area (TPSA) is 159 Å². The van der Waals surface area contributed by atoms with E-state index < -0.39 is 36.4 Å². The largest absolute Gasteiger partial charge is 0.497 e. The lowest BCUT2D eigenvalue weighted by molar-refractivity contribution is -0.193. The van der Waals surface area contributed by atoms with Crippen molar-refractivity contribution in [3.8, 4) is 17.0 Å². The summed E-state index contributed by atoms with van der Waals surface area (Å²) in [5.74, 6) is -5.13. The van der Waals surface area contributed by atoms with Crippen molar-refractivity contribution in [2.45, 2.75) is 50.0 Å². The molecule has 0 bridgehead atoms. The second-order valence-electron chi connectivity index (χ2n) is 10.6. The van der Waals surface area contributed by atoms with Crippen LogP contribution in [0.15, 0.2) is 53.3 Å². The third-order valence-electron chi connectivity index (χ3n) is 7.42. The lowest BCUT2D eigenvalue weighted by Crippen LogP contribution is -2.56. The third kappa shape index (κ3) is 11.4. The quantitative estimate of drug-likeness (QED) is 0.291. The second kappa shape index (κ2) is 16.7. The van der Waals surface area contributed by atoms with E-state index in [4.69, 9.17) is 43.8 Å². The highest BCUT2D eigenvalue weighted by Gasteiger charge is 2.46. The van der Waals surface area contributed by atoms with E-state index in [1.54, 1.807) is 13.4 Å². The number of likely N-dealkylation sites (tertiary alicyclic amines) is 1. The minimum absolute atomic E-state index is 0.0165. The lowest BCUT2D eigenvalue weighted by Gasteiger charge is -2.49. The van der Waals surface area contributed by atoms with Gasteiger partial charge in [-0.15, -0.1) is 0 Å². The number of carboxylic acid groups (broad SMARTS) is 3. The molecule has 0 aliphatic carbocycles. The summed E-state index contributed by atoms with van der Waals surface area (Å²) in [6, 6.07) is 12.3. The molecule has 21 heteroatoms. The zero-order valence-electron chi connectivity index (χ0n) is 26.1. The number of nitrogens with zero attached hydrogens (tertiary/aromatic N) is 4. The Morgan fingerprint density at radius 2 is 1.30 bits per heavy atom. The molecule has 0 saturated carbocycles. The Kier molecular flexibility index (Phi) is 13.9. The van der Waals surface area contributed by atoms with Gasteiger partial charge in [0.05, 0.1) is 37.3 Å². The molecule has 1 fully saturated rings. The van der Waals surface area contributed by atoms with Gasteiger partial charge in [0.2, 0.25) is 0 Å². The summed E-state index contributed by atoms with van der Waals surface area (Å²) in [4.78, 5) is 36.7. The molecule has 0 atom stereocenters. The molecule has 2 aliphatic heterocycles. The first-order valence-electron chi connectivity index (χ1n) is 14.1. The van der Waals surface area contributed by atoms with Crippen LogP contribution in [0, 0.1) is 0 Å². The molecule has 278 valence electrons. The van der Waals surface area contributed by atoms with E-state index in [-0.39, 0.29) is 5.54 Å². The number of ether oxygens (including phenoxy) is 1. The standard InChI is InChI=1S/C23H28N4O2.3C2HF3O2/c1-25-13-14-27-21(18-5-7-19(28-2)8-6-18)16-24-22(27)23(25)9-11-26(12-10-23)17-20-4-3-15-29-20;3*3-2(4,5)1(6)7/h3-8,15-16H,9-14,17H2,1-2H3;3*(H,6,7). The molecule has 12 nitrogen and oxygen atoms in total. The Labute approximate surface area is 277 Å². The Balaban J connectivity index is 0.000000338. The predicted molar refractivity (Wildman–Crippen MR) is 153 cm³/mol. The molecule has 0 amide bonds. The number of likely N-dealkylation sites (N-methyl/N-ethyl adjacent to an activating group) is 1. The van der Waals surface area contributed by atoms with Gasteiger partial charge in [-0.2, -0.15) is 39.5 Å². The molecule has 2 aliphatic rings. The van der Waals surface area contributed by atoms with Gasteiger partial charge in [-0.3, -0.25) is 9.80 Å². The number of halogens is 9. The number of carboxylic acids is 3. The molecular weight excluding hydrogens is 703 g/mol. The number of carbonyl (C=O) groups is 3. The number of piperidine rings is 1. The lowest BCUT2D eigenvalue weighted by atomic mass is 9.83. The molecule has 3 N–H and O–H groups in total. The van der Waals surface area contributed by atoms with Crippen LogP contribution in [0.2, 0.25) is 0 Å². The highest BCUT2D eigenvalue weighted by atomic mass is 19.4. The van der Waals surface area contributed by atoms with Crippen LogP contribution in [0.25, 0.3) is 11.3 Å². The number of alkyl halides is 9. The minimum Gasteiger partial charge on any atom is -0.497 e. The van der Waals surface area contributed by atoms with Crippen LogP contribution < -0.4 is 4.74 Å². The zero-order chi connectivity index (χ0) is 38.1. The van der Waals surface area contributed by atoms with Crippen LogP contribution in [0.5, 0.6) is 5.75 Å². The first kappa shape index (κ1) is 41.4. The number of furan rings is 1. The fourth-order valence-corrected chi connectivity index (χ4v) is 4.91. The first-order valence-corrected chi connectivity index (χ1v) is 14.1. The summed E-state index contributed by atoms with van der Waals surface area (Å²) in [6.45, 7) is 5.01. The monoisotopic (exact) mass is 734 g/mol. The molecule has 0 unspecified atom stereocenters. The molecular formula is C29H31F9N4O8. The van der Waals surface area contributed by atoms with Crippen molar-refractivity contribution < 1.29 is 78.4 Å². The number of rotatable bonds is 4. The van der Waals surface area contributed by atoms with Crippen molar-refractivity contribution in [3.05, 3.63) is 60.4 Å². The molecule has 0 radical (unpaired) electrons. The molecule has 2 aromatic heterocycles. The smallest absolute Gasteiger partial charge is 0.490 e. The average molecular weight is 735 g/mol. The van der Waals surface area contributed by atoms with Crippen LogP contribution in [-0.4, -0.2) is 105 Å². The van der Waals surface area contributed by atoms with Gasteiger partial charge in [0.15, 0.2) is 0 Å². The Morgan fingerprint density at radius 3 is 1.70 bits per heavy atom. The summed E-state index contributed by atoms with van der Waals surface area (Å²) in [6.07, 6.45) is -9.27. The van der Waals surface area contributed by atoms with E-state index >= 15 is 0 Å². The van der Waals surface area contributed by atoms with E-state index in [1.807, 2.05) is 24.4 Å². The summed E-state index contributed by atoms with van der Waals surface area (Å²) in [5, 5.41) is 21.4. The zero-order valence-corrected chi connectivity index (χ0v) is 26.1. The van der Waals surface area contributed by atoms with Crippen molar-refractivity contribution >= 4 is 17.9 Å². The summed E-state index contributed by atoms with van der Waals surface area (Å²) in [5.41, 5.74) is 2.41. The van der Waals surface area contributed by atoms with Gasteiger partial charge in [0.1, 0.15) is 17.3 Å². The molecule has 1 saturated heterocycles. The van der Waals surface area contributed by atoms with Crippen molar-refractivity contribution in [3.63, 3.8) is 0 Å². The minimum atomic E-state index is -5.08. The molecule has 1 spiro atoms. The fraction of sp³-hybridized carbons (Fsp3) is 0.448. The maximum Gasteiger partial charge on any atom is 0.490 e. The molecule has 4 heterocycles. The average Bonchev–Trinajstić information content (AvgIpc) is 3.70. The summed E-state index contributed by atoms with van der Waals surface area (Å²) >= 11 is 0. The van der Waals surface area contributed by atoms with Gasteiger partial charge in [-0.1, -0.05) is 0 Å². The predicted octanol–water partition coefficient (Wildman–Crippen LogP) is 5.49. The van der Waals surface area contributed by atoms with Gasteiger partial charge < -0.3 is 29.0 Å². The number of hydrogen-bond donors (Lipinski definition) is 3. The van der Waals surface area contributed by atoms with E-state index in [0.29, 0.717) is 0 Å². The van der Waals surface area contributed by atoms with Gasteiger partial charge in [0, 0.05) is 31.7 Å². The van der Waals surface area contributed by atoms with Crippen LogP contribution in [0.3, 0.4) is 0 Å². The third-order valence-corrected chi connectivity index (χ3v) is 7.42. The molecule has 50 heavy (non-hydrogen) atoms. The number of hydrogen-bond acceptors (Lipinski definition) is 8. The molecule has 5 rings (SSSR count). The maximum atomic E-state index is 10.6. The van der Waals surface area contributed by atoms with Gasteiger partial charge in [0.25, 0.3) is 0 Å². The number of aliphatic carboxylic acids is 3. The fourth-order valence-electron chi connectivity index (χ4n) is 4.91. The van der Waals surface area contributed by atoms with Crippen LogP contribution in [0.1, 0.15) is 24.4 Å². The Hall–Kier alpha value is -4.79. The second-order valence-corrected chi connectivity index (χ2v) is 10.6. The van der Waals surface area contributed by atoms with Crippen molar-refractivity contribution in [1.29, 1.82) is 0 Å². The molecule has 3 aromatic rings. The Bertz CT molecular complexity index is 1490. The van der Waals surface area contributed by atoms with E-state index in [9.17, 15) is 39.5 Å². The number of fused-ring (bicyclic) bond motifs is 2. The van der Waals surface area contributed by atoms with Crippen molar-refractivity contribution in [2.24, 2.45) is 0 Å². The molecule has 1 aromatic carbocycles. The van der Waals surface area contributed by atoms with Crippen LogP contribution in [0.4, 0.5) is 39.5 Å². The van der Waals surface area contributed by atoms with Crippen molar-refractivity contribution in [1.82, 2.24) is 19.4 Å². The first-order chi connectivity index (χ1) is 23.0. The van der Waals surface area contributed by atoms with E-state index in [0.717, 1.165) is 57.1 Å². The SMILES string of the molecule is COc1ccc(-c2cnc3n2CCN(C)C32CCN(Cc3ccco3)CC2)cc1.O=C(O)C(F)(F)F.O=C(O)C(F)(F)F.O=C(O)C(F)(F)F. The number of benzene rings is 1. The summed E-state index contributed by atoms with van der Waals surface area (Å²) in [7, 11) is 3.96. The number of aromatic nitrogens is 2. The van der Waals surface area contributed by atoms with Gasteiger partial charge in [-0.25, -0.2) is 19.4 Å². The maximum absolute atomic E-state index is 10.6. The normalized spacial score (nSPS) is 16.0. The van der Waals surface area contributed by atoms with Gasteiger partial charge in [-0.05, 0) is 56.3 Å². The van der Waals surface area contributed by atoms with Crippen LogP contribution in [-0.2, 0) is 33.0 Å². The number of imidazole rings is 1. The Morgan fingerprint density at radius 1 is 0.820 bits per heavy atom. The summed E-state index contributed by atoms with van der Waals surface area (Å²) < 4.78 is 108. The number of methoxy groups -OCH3 is 1. The van der Waals surface area contributed by atoms with E-state index in [2.05, 4.69) is 39.6 Å². The van der Waals surface area contributed by atoms with Gasteiger partial charge >= 0.3 is 36.4 Å². The van der Waals surface area contributed by atoms with E-state index in [1.165, 1.54) is 17.1 Å². The van der Waals surface area contributed by atoms with Crippen molar-refractivity contribution in [2.75, 3.05) is 33.8 Å². The van der Waals surface area contributed by atoms with Crippen LogP contribution >= 0.6 is 0 Å².